The van der Waals surface area contributed by atoms with Crippen molar-refractivity contribution in [1.29, 1.82) is 0 Å². The van der Waals surface area contributed by atoms with Gasteiger partial charge in [0.05, 0.1) is 16.9 Å². The summed E-state index contributed by atoms with van der Waals surface area (Å²) in [5.74, 6) is -0.782. The van der Waals surface area contributed by atoms with Crippen LogP contribution >= 0.6 is 0 Å². The molecule has 1 saturated heterocycles. The molecule has 8 heteroatoms. The third kappa shape index (κ3) is 3.53. The third-order valence-electron chi connectivity index (χ3n) is 4.23. The normalized spacial score (nSPS) is 21.6. The highest BCUT2D eigenvalue weighted by molar-refractivity contribution is 7.89. The van der Waals surface area contributed by atoms with Gasteiger partial charge in [-0.25, -0.2) is 8.42 Å². The number of sulfonamides is 1. The van der Waals surface area contributed by atoms with Gasteiger partial charge < -0.3 is 10.6 Å². The fourth-order valence-corrected chi connectivity index (χ4v) is 3.66. The number of likely N-dealkylation sites (tertiary alicyclic amines) is 1. The largest absolute Gasteiger partial charge is 0.369 e. The topological polar surface area (TPSA) is 101 Å². The van der Waals surface area contributed by atoms with Crippen molar-refractivity contribution in [2.24, 2.45) is 11.1 Å². The fourth-order valence-electron chi connectivity index (χ4n) is 2.52. The molecule has 1 atom stereocenters. The average molecular weight is 339 g/mol. The van der Waals surface area contributed by atoms with Crippen LogP contribution in [0.2, 0.25) is 0 Å². The van der Waals surface area contributed by atoms with E-state index in [2.05, 4.69) is 0 Å². The molecule has 23 heavy (non-hydrogen) atoms. The maximum atomic E-state index is 12.4. The van der Waals surface area contributed by atoms with Gasteiger partial charge in [0.15, 0.2) is 0 Å². The average Bonchev–Trinajstić information content (AvgIpc) is 2.92. The molecular weight excluding hydrogens is 318 g/mol. The van der Waals surface area contributed by atoms with Crippen molar-refractivity contribution >= 4 is 21.8 Å². The number of primary amides is 1. The van der Waals surface area contributed by atoms with Gasteiger partial charge in [0, 0.05) is 20.1 Å². The highest BCUT2D eigenvalue weighted by Crippen LogP contribution is 2.29. The third-order valence-corrected chi connectivity index (χ3v) is 6.05. The molecular formula is C15H21N3O4S. The minimum Gasteiger partial charge on any atom is -0.369 e. The summed E-state index contributed by atoms with van der Waals surface area (Å²) in [7, 11) is -2.35. The molecule has 0 aliphatic carbocycles. The van der Waals surface area contributed by atoms with Gasteiger partial charge in [0.2, 0.25) is 21.8 Å². The SMILES string of the molecule is CN(CC(=O)N1CC[C@](C)(C(N)=O)C1)S(=O)(=O)c1ccccc1. The summed E-state index contributed by atoms with van der Waals surface area (Å²) in [5.41, 5.74) is 4.61. The number of amides is 2. The Morgan fingerprint density at radius 3 is 2.43 bits per heavy atom. The van der Waals surface area contributed by atoms with Crippen LogP contribution in [0.3, 0.4) is 0 Å². The highest BCUT2D eigenvalue weighted by atomic mass is 32.2. The maximum Gasteiger partial charge on any atom is 0.243 e. The molecule has 1 aliphatic rings. The summed E-state index contributed by atoms with van der Waals surface area (Å²) < 4.78 is 25.8. The summed E-state index contributed by atoms with van der Waals surface area (Å²) in [6, 6.07) is 7.94. The molecule has 1 aliphatic heterocycles. The molecule has 0 bridgehead atoms. The summed E-state index contributed by atoms with van der Waals surface area (Å²) in [4.78, 5) is 25.4. The van der Waals surface area contributed by atoms with E-state index in [-0.39, 0.29) is 23.9 Å². The smallest absolute Gasteiger partial charge is 0.243 e. The zero-order valence-electron chi connectivity index (χ0n) is 13.2. The first kappa shape index (κ1) is 17.4. The lowest BCUT2D eigenvalue weighted by Gasteiger charge is -2.23. The van der Waals surface area contributed by atoms with Crippen LogP contribution in [0.5, 0.6) is 0 Å². The second kappa shape index (κ2) is 6.29. The van der Waals surface area contributed by atoms with E-state index in [0.29, 0.717) is 13.0 Å². The van der Waals surface area contributed by atoms with Gasteiger partial charge in [-0.15, -0.1) is 0 Å². The zero-order valence-corrected chi connectivity index (χ0v) is 14.0. The molecule has 2 rings (SSSR count). The summed E-state index contributed by atoms with van der Waals surface area (Å²) >= 11 is 0. The molecule has 7 nitrogen and oxygen atoms in total. The minimum atomic E-state index is -3.71. The summed E-state index contributed by atoms with van der Waals surface area (Å²) in [6.07, 6.45) is 0.489. The number of likely N-dealkylation sites (N-methyl/N-ethyl adjacent to an activating group) is 1. The predicted octanol–water partition coefficient (Wildman–Crippen LogP) is 0.0310. The molecule has 0 saturated carbocycles. The Morgan fingerprint density at radius 1 is 1.30 bits per heavy atom. The number of rotatable bonds is 5. The van der Waals surface area contributed by atoms with Crippen molar-refractivity contribution in [3.05, 3.63) is 30.3 Å². The summed E-state index contributed by atoms with van der Waals surface area (Å²) in [6.45, 7) is 2.07. The molecule has 1 aromatic carbocycles. The second-order valence-electron chi connectivity index (χ2n) is 6.06. The quantitative estimate of drug-likeness (QED) is 0.818. The van der Waals surface area contributed by atoms with E-state index in [4.69, 9.17) is 5.73 Å². The number of benzene rings is 1. The maximum absolute atomic E-state index is 12.4. The van der Waals surface area contributed by atoms with Crippen LogP contribution in [0.25, 0.3) is 0 Å². The molecule has 2 amide bonds. The number of hydrogen-bond acceptors (Lipinski definition) is 4. The van der Waals surface area contributed by atoms with Crippen LogP contribution in [-0.2, 0) is 19.6 Å². The van der Waals surface area contributed by atoms with Gasteiger partial charge in [-0.1, -0.05) is 18.2 Å². The van der Waals surface area contributed by atoms with Crippen LogP contribution in [0.4, 0.5) is 0 Å². The number of carbonyl (C=O) groups excluding carboxylic acids is 2. The van der Waals surface area contributed by atoms with Gasteiger partial charge in [0.1, 0.15) is 0 Å². The minimum absolute atomic E-state index is 0.138. The molecule has 1 fully saturated rings. The van der Waals surface area contributed by atoms with E-state index in [1.54, 1.807) is 25.1 Å². The van der Waals surface area contributed by atoms with Crippen molar-refractivity contribution < 1.29 is 18.0 Å². The molecule has 0 unspecified atom stereocenters. The number of carbonyl (C=O) groups is 2. The molecule has 126 valence electrons. The molecule has 1 heterocycles. The van der Waals surface area contributed by atoms with E-state index in [1.165, 1.54) is 24.1 Å². The Bertz CT molecular complexity index is 705. The van der Waals surface area contributed by atoms with E-state index in [0.717, 1.165) is 4.31 Å². The van der Waals surface area contributed by atoms with Crippen molar-refractivity contribution in [2.75, 3.05) is 26.7 Å². The van der Waals surface area contributed by atoms with Crippen molar-refractivity contribution in [1.82, 2.24) is 9.21 Å². The standard InChI is InChI=1S/C15H21N3O4S/c1-15(14(16)20)8-9-18(11-15)13(19)10-17(2)23(21,22)12-6-4-3-5-7-12/h3-7H,8-11H2,1-2H3,(H2,16,20)/t15-/m0/s1. The predicted molar refractivity (Wildman–Crippen MR) is 84.8 cm³/mol. The number of nitrogens with zero attached hydrogens (tertiary/aromatic N) is 2. The Balaban J connectivity index is 2.05. The van der Waals surface area contributed by atoms with E-state index in [9.17, 15) is 18.0 Å². The molecule has 0 aromatic heterocycles. The second-order valence-corrected chi connectivity index (χ2v) is 8.11. The lowest BCUT2D eigenvalue weighted by molar-refractivity contribution is -0.131. The van der Waals surface area contributed by atoms with Crippen LogP contribution in [-0.4, -0.2) is 56.1 Å². The van der Waals surface area contributed by atoms with Crippen LogP contribution in [0.1, 0.15) is 13.3 Å². The van der Waals surface area contributed by atoms with Gasteiger partial charge in [-0.05, 0) is 25.5 Å². The first-order valence-corrected chi connectivity index (χ1v) is 8.70. The van der Waals surface area contributed by atoms with Crippen molar-refractivity contribution in [3.8, 4) is 0 Å². The Kier molecular flexibility index (Phi) is 4.76. The zero-order chi connectivity index (χ0) is 17.3. The molecule has 2 N–H and O–H groups in total. The summed E-state index contributed by atoms with van der Waals surface area (Å²) in [5, 5.41) is 0. The van der Waals surface area contributed by atoms with Crippen LogP contribution < -0.4 is 5.73 Å². The van der Waals surface area contributed by atoms with Crippen molar-refractivity contribution in [3.63, 3.8) is 0 Å². The van der Waals surface area contributed by atoms with Crippen LogP contribution in [0.15, 0.2) is 35.2 Å². The van der Waals surface area contributed by atoms with E-state index in [1.807, 2.05) is 0 Å². The number of hydrogen-bond donors (Lipinski definition) is 1. The van der Waals surface area contributed by atoms with Crippen molar-refractivity contribution in [2.45, 2.75) is 18.2 Å². The fraction of sp³-hybridized carbons (Fsp3) is 0.467. The van der Waals surface area contributed by atoms with Crippen LogP contribution in [0, 0.1) is 5.41 Å². The van der Waals surface area contributed by atoms with Gasteiger partial charge in [-0.2, -0.15) is 4.31 Å². The lowest BCUT2D eigenvalue weighted by Crippen LogP contribution is -2.42. The highest BCUT2D eigenvalue weighted by Gasteiger charge is 2.41. The Morgan fingerprint density at radius 2 is 1.91 bits per heavy atom. The first-order valence-electron chi connectivity index (χ1n) is 7.26. The Labute approximate surface area is 136 Å². The van der Waals surface area contributed by atoms with Gasteiger partial charge in [0.25, 0.3) is 0 Å². The first-order chi connectivity index (χ1) is 10.7. The van der Waals surface area contributed by atoms with E-state index < -0.39 is 21.3 Å². The Hall–Kier alpha value is -1.93. The lowest BCUT2D eigenvalue weighted by atomic mass is 9.89. The monoisotopic (exact) mass is 339 g/mol. The molecule has 1 aromatic rings. The number of nitrogens with two attached hydrogens (primary N) is 1. The van der Waals surface area contributed by atoms with E-state index >= 15 is 0 Å². The van der Waals surface area contributed by atoms with Gasteiger partial charge in [-0.3, -0.25) is 9.59 Å². The molecule has 0 spiro atoms. The molecule has 0 radical (unpaired) electrons. The van der Waals surface area contributed by atoms with Gasteiger partial charge >= 0.3 is 0 Å².